The fourth-order valence-corrected chi connectivity index (χ4v) is 1.98. The molecule has 1 amide bonds. The molecule has 0 spiro atoms. The van der Waals surface area contributed by atoms with Gasteiger partial charge in [0, 0.05) is 25.5 Å². The van der Waals surface area contributed by atoms with Crippen LogP contribution in [-0.4, -0.2) is 29.1 Å². The van der Waals surface area contributed by atoms with Gasteiger partial charge in [0.2, 0.25) is 0 Å². The van der Waals surface area contributed by atoms with Crippen LogP contribution in [0.4, 0.5) is 0 Å². The molecule has 1 saturated carbocycles. The molecule has 17 heavy (non-hydrogen) atoms. The molecule has 1 fully saturated rings. The maximum absolute atomic E-state index is 11.9. The molecule has 0 atom stereocenters. The third kappa shape index (κ3) is 3.03. The number of carbonyl (C=O) groups is 1. The smallest absolute Gasteiger partial charge is 0.252 e. The highest BCUT2D eigenvalue weighted by Gasteiger charge is 2.41. The fraction of sp³-hybridized carbons (Fsp3) is 0.538. The number of rotatable bonds is 5. The summed E-state index contributed by atoms with van der Waals surface area (Å²) in [5.41, 5.74) is 1.74. The maximum atomic E-state index is 11.9. The minimum atomic E-state index is -0.0783. The molecule has 0 aromatic carbocycles. The van der Waals surface area contributed by atoms with Crippen molar-refractivity contribution >= 4 is 5.91 Å². The predicted molar refractivity (Wildman–Crippen MR) is 64.7 cm³/mol. The Hall–Kier alpha value is -1.42. The van der Waals surface area contributed by atoms with Crippen LogP contribution in [0.15, 0.2) is 18.5 Å². The summed E-state index contributed by atoms with van der Waals surface area (Å²) in [5.74, 6) is -0.0783. The number of aliphatic hydroxyl groups is 1. The molecule has 1 aliphatic carbocycles. The molecule has 0 aliphatic heterocycles. The Balaban J connectivity index is 1.90. The first-order valence-electron chi connectivity index (χ1n) is 5.96. The van der Waals surface area contributed by atoms with Crippen molar-refractivity contribution in [3.05, 3.63) is 29.6 Å². The minimum absolute atomic E-state index is 0.0783. The topological polar surface area (TPSA) is 62.2 Å². The summed E-state index contributed by atoms with van der Waals surface area (Å²) >= 11 is 0. The Morgan fingerprint density at radius 3 is 2.88 bits per heavy atom. The first kappa shape index (κ1) is 12.0. The molecule has 1 aliphatic rings. The number of aryl methyl sites for hydroxylation is 1. The first-order chi connectivity index (χ1) is 8.15. The van der Waals surface area contributed by atoms with Crippen LogP contribution in [-0.2, 0) is 0 Å². The van der Waals surface area contributed by atoms with E-state index in [2.05, 4.69) is 10.3 Å². The van der Waals surface area contributed by atoms with E-state index in [4.69, 9.17) is 5.11 Å². The van der Waals surface area contributed by atoms with Crippen molar-refractivity contribution in [1.82, 2.24) is 10.3 Å². The highest BCUT2D eigenvalue weighted by atomic mass is 16.3. The number of aliphatic hydroxyl groups excluding tert-OH is 1. The average molecular weight is 234 g/mol. The van der Waals surface area contributed by atoms with E-state index in [0.717, 1.165) is 24.8 Å². The molecular formula is C13H18N2O2. The number of pyridine rings is 1. The highest BCUT2D eigenvalue weighted by Crippen LogP contribution is 2.47. The lowest BCUT2D eigenvalue weighted by atomic mass is 10.0. The van der Waals surface area contributed by atoms with Crippen LogP contribution in [0.25, 0.3) is 0 Å². The quantitative estimate of drug-likeness (QED) is 0.806. The zero-order valence-corrected chi connectivity index (χ0v) is 10.1. The second-order valence-corrected chi connectivity index (χ2v) is 4.91. The van der Waals surface area contributed by atoms with Crippen molar-refractivity contribution in [2.75, 3.05) is 13.2 Å². The van der Waals surface area contributed by atoms with E-state index in [1.165, 1.54) is 0 Å². The first-order valence-corrected chi connectivity index (χ1v) is 5.96. The minimum Gasteiger partial charge on any atom is -0.396 e. The molecule has 0 unspecified atom stereocenters. The van der Waals surface area contributed by atoms with Gasteiger partial charge in [-0.1, -0.05) is 0 Å². The molecule has 0 radical (unpaired) electrons. The SMILES string of the molecule is Cc1cncc(C(=O)NCC2(CCO)CC2)c1. The average Bonchev–Trinajstić information content (AvgIpc) is 3.07. The predicted octanol–water partition coefficient (Wildman–Crippen LogP) is 1.28. The summed E-state index contributed by atoms with van der Waals surface area (Å²) in [6.45, 7) is 2.76. The molecule has 2 rings (SSSR count). The Morgan fingerprint density at radius 2 is 2.29 bits per heavy atom. The van der Waals surface area contributed by atoms with Crippen LogP contribution < -0.4 is 5.32 Å². The van der Waals surface area contributed by atoms with Crippen molar-refractivity contribution < 1.29 is 9.90 Å². The molecule has 4 heteroatoms. The van der Waals surface area contributed by atoms with E-state index < -0.39 is 0 Å². The van der Waals surface area contributed by atoms with Crippen molar-refractivity contribution in [2.24, 2.45) is 5.41 Å². The van der Waals surface area contributed by atoms with Crippen LogP contribution in [0.1, 0.15) is 35.2 Å². The molecule has 2 N–H and O–H groups in total. The zero-order valence-electron chi connectivity index (χ0n) is 10.1. The van der Waals surface area contributed by atoms with E-state index in [1.54, 1.807) is 12.4 Å². The van der Waals surface area contributed by atoms with Gasteiger partial charge in [0.15, 0.2) is 0 Å². The van der Waals surface area contributed by atoms with Crippen molar-refractivity contribution in [3.63, 3.8) is 0 Å². The number of nitrogens with zero attached hydrogens (tertiary/aromatic N) is 1. The largest absolute Gasteiger partial charge is 0.396 e. The second kappa shape index (κ2) is 4.84. The lowest BCUT2D eigenvalue weighted by Crippen LogP contribution is -2.30. The zero-order chi connectivity index (χ0) is 12.3. The van der Waals surface area contributed by atoms with E-state index in [9.17, 15) is 4.79 Å². The number of hydrogen-bond acceptors (Lipinski definition) is 3. The highest BCUT2D eigenvalue weighted by molar-refractivity contribution is 5.94. The Kier molecular flexibility index (Phi) is 3.43. The van der Waals surface area contributed by atoms with Crippen molar-refractivity contribution in [3.8, 4) is 0 Å². The lowest BCUT2D eigenvalue weighted by Gasteiger charge is -2.14. The van der Waals surface area contributed by atoms with E-state index in [-0.39, 0.29) is 17.9 Å². The lowest BCUT2D eigenvalue weighted by molar-refractivity contribution is 0.0940. The molecule has 1 heterocycles. The van der Waals surface area contributed by atoms with Gasteiger partial charge in [-0.15, -0.1) is 0 Å². The van der Waals surface area contributed by atoms with E-state index in [1.807, 2.05) is 13.0 Å². The number of amides is 1. The van der Waals surface area contributed by atoms with Gasteiger partial charge in [-0.3, -0.25) is 9.78 Å². The molecule has 0 bridgehead atoms. The van der Waals surface area contributed by atoms with Crippen LogP contribution >= 0.6 is 0 Å². The summed E-state index contributed by atoms with van der Waals surface area (Å²) in [7, 11) is 0. The van der Waals surface area contributed by atoms with Crippen LogP contribution in [0, 0.1) is 12.3 Å². The van der Waals surface area contributed by atoms with Crippen LogP contribution in [0.5, 0.6) is 0 Å². The molecule has 92 valence electrons. The van der Waals surface area contributed by atoms with Crippen LogP contribution in [0.2, 0.25) is 0 Å². The van der Waals surface area contributed by atoms with Gasteiger partial charge in [0.25, 0.3) is 5.91 Å². The normalized spacial score (nSPS) is 16.6. The monoisotopic (exact) mass is 234 g/mol. The van der Waals surface area contributed by atoms with Gasteiger partial charge in [0.1, 0.15) is 0 Å². The maximum Gasteiger partial charge on any atom is 0.252 e. The third-order valence-corrected chi connectivity index (χ3v) is 3.36. The van der Waals surface area contributed by atoms with Gasteiger partial charge in [-0.2, -0.15) is 0 Å². The van der Waals surface area contributed by atoms with Crippen molar-refractivity contribution in [1.29, 1.82) is 0 Å². The molecule has 0 saturated heterocycles. The summed E-state index contributed by atoms with van der Waals surface area (Å²) in [6, 6.07) is 1.83. The standard InChI is InChI=1S/C13H18N2O2/c1-10-6-11(8-14-7-10)12(17)15-9-13(2-3-13)4-5-16/h6-8,16H,2-5,9H2,1H3,(H,15,17). The molecule has 4 nitrogen and oxygen atoms in total. The third-order valence-electron chi connectivity index (χ3n) is 3.36. The van der Waals surface area contributed by atoms with Crippen LogP contribution in [0.3, 0.4) is 0 Å². The second-order valence-electron chi connectivity index (χ2n) is 4.91. The molecule has 1 aromatic heterocycles. The molecular weight excluding hydrogens is 216 g/mol. The van der Waals surface area contributed by atoms with Gasteiger partial charge in [-0.25, -0.2) is 0 Å². The Bertz CT molecular complexity index is 414. The summed E-state index contributed by atoms with van der Waals surface area (Å²) in [4.78, 5) is 15.9. The fourth-order valence-electron chi connectivity index (χ4n) is 1.98. The van der Waals surface area contributed by atoms with E-state index in [0.29, 0.717) is 12.1 Å². The number of nitrogens with one attached hydrogen (secondary N) is 1. The van der Waals surface area contributed by atoms with Gasteiger partial charge < -0.3 is 10.4 Å². The summed E-state index contributed by atoms with van der Waals surface area (Å²) < 4.78 is 0. The number of aromatic nitrogens is 1. The Morgan fingerprint density at radius 1 is 1.53 bits per heavy atom. The number of hydrogen-bond donors (Lipinski definition) is 2. The van der Waals surface area contributed by atoms with Crippen molar-refractivity contribution in [2.45, 2.75) is 26.2 Å². The summed E-state index contributed by atoms with van der Waals surface area (Å²) in [6.07, 6.45) is 6.28. The van der Waals surface area contributed by atoms with Gasteiger partial charge >= 0.3 is 0 Å². The number of carbonyl (C=O) groups excluding carboxylic acids is 1. The molecule has 1 aromatic rings. The van der Waals surface area contributed by atoms with Gasteiger partial charge in [0.05, 0.1) is 5.56 Å². The van der Waals surface area contributed by atoms with Gasteiger partial charge in [-0.05, 0) is 43.2 Å². The summed E-state index contributed by atoms with van der Waals surface area (Å²) in [5, 5.41) is 11.9. The van der Waals surface area contributed by atoms with E-state index >= 15 is 0 Å². The Labute approximate surface area is 101 Å².